The number of benzene rings is 2. The number of methoxy groups -OCH3 is 2. The first kappa shape index (κ1) is 16.7. The van der Waals surface area contributed by atoms with Crippen LogP contribution in [0.5, 0.6) is 11.5 Å². The van der Waals surface area contributed by atoms with Crippen LogP contribution in [0.2, 0.25) is 0 Å². The lowest BCUT2D eigenvalue weighted by molar-refractivity contribution is -0.114. The molecule has 0 radical (unpaired) electrons. The van der Waals surface area contributed by atoms with Crippen molar-refractivity contribution in [3.05, 3.63) is 48.0 Å². The van der Waals surface area contributed by atoms with Crippen LogP contribution in [-0.2, 0) is 11.2 Å². The smallest absolute Gasteiger partial charge is 0.243 e. The van der Waals surface area contributed by atoms with Crippen LogP contribution in [0.4, 0.5) is 11.4 Å². The Morgan fingerprint density at radius 3 is 2.48 bits per heavy atom. The Bertz CT molecular complexity index is 671. The van der Waals surface area contributed by atoms with Gasteiger partial charge < -0.3 is 20.1 Å². The highest BCUT2D eigenvalue weighted by Gasteiger charge is 2.07. The standard InChI is InChI=1S/C18H22N2O3/c1-4-13-7-5-6-8-15(13)20-18(21)12-19-14-9-10-16(22-2)17(11-14)23-3/h5-11,19H,4,12H2,1-3H3,(H,20,21). The molecule has 5 nitrogen and oxygen atoms in total. The topological polar surface area (TPSA) is 59.6 Å². The number of carbonyl (C=O) groups is 1. The van der Waals surface area contributed by atoms with Gasteiger partial charge in [-0.2, -0.15) is 0 Å². The number of anilines is 2. The molecule has 0 aliphatic heterocycles. The Morgan fingerprint density at radius 1 is 1.04 bits per heavy atom. The van der Waals surface area contributed by atoms with E-state index in [2.05, 4.69) is 17.6 Å². The average molecular weight is 314 g/mol. The lowest BCUT2D eigenvalue weighted by Gasteiger charge is -2.12. The van der Waals surface area contributed by atoms with E-state index < -0.39 is 0 Å². The quantitative estimate of drug-likeness (QED) is 0.823. The van der Waals surface area contributed by atoms with Gasteiger partial charge in [0.15, 0.2) is 11.5 Å². The summed E-state index contributed by atoms with van der Waals surface area (Å²) in [6.07, 6.45) is 0.875. The van der Waals surface area contributed by atoms with E-state index in [-0.39, 0.29) is 12.5 Å². The summed E-state index contributed by atoms with van der Waals surface area (Å²) in [5.41, 5.74) is 2.77. The SMILES string of the molecule is CCc1ccccc1NC(=O)CNc1ccc(OC)c(OC)c1. The first-order valence-electron chi connectivity index (χ1n) is 7.51. The van der Waals surface area contributed by atoms with Gasteiger partial charge in [0.25, 0.3) is 0 Å². The second kappa shape index (κ2) is 8.08. The van der Waals surface area contributed by atoms with Gasteiger partial charge in [-0.25, -0.2) is 0 Å². The molecular formula is C18H22N2O3. The summed E-state index contributed by atoms with van der Waals surface area (Å²) in [6, 6.07) is 13.2. The van der Waals surface area contributed by atoms with Crippen molar-refractivity contribution >= 4 is 17.3 Å². The van der Waals surface area contributed by atoms with Crippen molar-refractivity contribution in [2.45, 2.75) is 13.3 Å². The van der Waals surface area contributed by atoms with Crippen molar-refractivity contribution in [1.82, 2.24) is 0 Å². The van der Waals surface area contributed by atoms with E-state index in [4.69, 9.17) is 9.47 Å². The van der Waals surface area contributed by atoms with Crippen molar-refractivity contribution in [1.29, 1.82) is 0 Å². The highest BCUT2D eigenvalue weighted by atomic mass is 16.5. The van der Waals surface area contributed by atoms with Crippen molar-refractivity contribution in [3.63, 3.8) is 0 Å². The predicted octanol–water partition coefficient (Wildman–Crippen LogP) is 3.32. The summed E-state index contributed by atoms with van der Waals surface area (Å²) in [4.78, 5) is 12.1. The van der Waals surface area contributed by atoms with E-state index in [1.807, 2.05) is 30.3 Å². The molecule has 0 aromatic heterocycles. The number of rotatable bonds is 7. The lowest BCUT2D eigenvalue weighted by atomic mass is 10.1. The summed E-state index contributed by atoms with van der Waals surface area (Å²) in [5, 5.41) is 6.01. The Balaban J connectivity index is 1.96. The molecule has 5 heteroatoms. The summed E-state index contributed by atoms with van der Waals surface area (Å²) < 4.78 is 10.4. The number of hydrogen-bond acceptors (Lipinski definition) is 4. The van der Waals surface area contributed by atoms with Gasteiger partial charge in [0.05, 0.1) is 20.8 Å². The van der Waals surface area contributed by atoms with E-state index in [1.54, 1.807) is 26.4 Å². The molecule has 0 unspecified atom stereocenters. The molecule has 0 atom stereocenters. The largest absolute Gasteiger partial charge is 0.493 e. The highest BCUT2D eigenvalue weighted by molar-refractivity contribution is 5.94. The minimum absolute atomic E-state index is 0.0966. The van der Waals surface area contributed by atoms with Crippen LogP contribution in [0, 0.1) is 0 Å². The molecule has 0 bridgehead atoms. The minimum atomic E-state index is -0.0966. The number of aryl methyl sites for hydroxylation is 1. The van der Waals surface area contributed by atoms with E-state index in [9.17, 15) is 4.79 Å². The minimum Gasteiger partial charge on any atom is -0.493 e. The molecule has 23 heavy (non-hydrogen) atoms. The second-order valence-electron chi connectivity index (χ2n) is 4.98. The third kappa shape index (κ3) is 4.39. The fourth-order valence-electron chi connectivity index (χ4n) is 2.27. The van der Waals surface area contributed by atoms with E-state index in [1.165, 1.54) is 0 Å². The monoisotopic (exact) mass is 314 g/mol. The van der Waals surface area contributed by atoms with Crippen LogP contribution in [0.1, 0.15) is 12.5 Å². The van der Waals surface area contributed by atoms with Gasteiger partial charge in [0.1, 0.15) is 0 Å². The Morgan fingerprint density at radius 2 is 1.78 bits per heavy atom. The van der Waals surface area contributed by atoms with Crippen LogP contribution in [0.25, 0.3) is 0 Å². The van der Waals surface area contributed by atoms with Gasteiger partial charge >= 0.3 is 0 Å². The van der Waals surface area contributed by atoms with Gasteiger partial charge in [-0.3, -0.25) is 4.79 Å². The molecule has 0 saturated carbocycles. The van der Waals surface area contributed by atoms with Crippen LogP contribution in [0.3, 0.4) is 0 Å². The summed E-state index contributed by atoms with van der Waals surface area (Å²) in [5.74, 6) is 1.18. The highest BCUT2D eigenvalue weighted by Crippen LogP contribution is 2.29. The number of hydrogen-bond donors (Lipinski definition) is 2. The van der Waals surface area contributed by atoms with Crippen LogP contribution >= 0.6 is 0 Å². The molecule has 2 N–H and O–H groups in total. The van der Waals surface area contributed by atoms with E-state index in [0.29, 0.717) is 11.5 Å². The maximum absolute atomic E-state index is 12.1. The summed E-state index contributed by atoms with van der Waals surface area (Å²) in [7, 11) is 3.17. The molecule has 0 aliphatic rings. The van der Waals surface area contributed by atoms with Gasteiger partial charge in [-0.05, 0) is 30.2 Å². The van der Waals surface area contributed by atoms with E-state index in [0.717, 1.165) is 23.4 Å². The van der Waals surface area contributed by atoms with Crippen LogP contribution in [0.15, 0.2) is 42.5 Å². The van der Waals surface area contributed by atoms with Crippen molar-refractivity contribution in [3.8, 4) is 11.5 Å². The first-order valence-corrected chi connectivity index (χ1v) is 7.51. The molecule has 1 amide bonds. The van der Waals surface area contributed by atoms with Gasteiger partial charge in [-0.15, -0.1) is 0 Å². The third-order valence-corrected chi connectivity index (χ3v) is 3.51. The first-order chi connectivity index (χ1) is 11.2. The molecule has 122 valence electrons. The molecule has 0 fully saturated rings. The second-order valence-corrected chi connectivity index (χ2v) is 4.98. The number of amides is 1. The van der Waals surface area contributed by atoms with Gasteiger partial charge in [-0.1, -0.05) is 25.1 Å². The number of para-hydroxylation sites is 1. The van der Waals surface area contributed by atoms with Crippen molar-refractivity contribution in [2.24, 2.45) is 0 Å². The number of nitrogens with one attached hydrogen (secondary N) is 2. The van der Waals surface area contributed by atoms with Crippen LogP contribution in [-0.4, -0.2) is 26.7 Å². The predicted molar refractivity (Wildman–Crippen MR) is 92.5 cm³/mol. The normalized spacial score (nSPS) is 10.0. The van der Waals surface area contributed by atoms with Crippen molar-refractivity contribution < 1.29 is 14.3 Å². The van der Waals surface area contributed by atoms with Gasteiger partial charge in [0, 0.05) is 17.4 Å². The zero-order valence-corrected chi connectivity index (χ0v) is 13.7. The molecule has 0 heterocycles. The molecular weight excluding hydrogens is 292 g/mol. The number of ether oxygens (including phenoxy) is 2. The Hall–Kier alpha value is -2.69. The van der Waals surface area contributed by atoms with Crippen LogP contribution < -0.4 is 20.1 Å². The average Bonchev–Trinajstić information content (AvgIpc) is 2.60. The maximum Gasteiger partial charge on any atom is 0.243 e. The summed E-state index contributed by atoms with van der Waals surface area (Å²) in [6.45, 7) is 2.24. The number of carbonyl (C=O) groups excluding carboxylic acids is 1. The Labute approximate surface area is 136 Å². The van der Waals surface area contributed by atoms with Gasteiger partial charge in [0.2, 0.25) is 5.91 Å². The third-order valence-electron chi connectivity index (χ3n) is 3.51. The molecule has 2 rings (SSSR count). The zero-order valence-electron chi connectivity index (χ0n) is 13.7. The molecule has 0 spiro atoms. The lowest BCUT2D eigenvalue weighted by Crippen LogP contribution is -2.22. The molecule has 2 aromatic carbocycles. The maximum atomic E-state index is 12.1. The fourth-order valence-corrected chi connectivity index (χ4v) is 2.27. The van der Waals surface area contributed by atoms with Crippen molar-refractivity contribution in [2.75, 3.05) is 31.4 Å². The molecule has 0 saturated heterocycles. The summed E-state index contributed by atoms with van der Waals surface area (Å²) >= 11 is 0. The molecule has 2 aromatic rings. The van der Waals surface area contributed by atoms with E-state index >= 15 is 0 Å². The zero-order chi connectivity index (χ0) is 16.7. The fraction of sp³-hybridized carbons (Fsp3) is 0.278. The molecule has 0 aliphatic carbocycles. The Kier molecular flexibility index (Phi) is 5.86.